The second-order valence-corrected chi connectivity index (χ2v) is 5.62. The first-order valence-electron chi connectivity index (χ1n) is 7.96. The zero-order chi connectivity index (χ0) is 12.5. The first-order valence-corrected chi connectivity index (χ1v) is 7.96. The van der Waals surface area contributed by atoms with E-state index < -0.39 is 0 Å². The van der Waals surface area contributed by atoms with Crippen LogP contribution >= 0.6 is 0 Å². The van der Waals surface area contributed by atoms with Crippen LogP contribution in [-0.4, -0.2) is 30.4 Å². The zero-order valence-electron chi connectivity index (χ0n) is 11.8. The molecule has 0 spiro atoms. The summed E-state index contributed by atoms with van der Waals surface area (Å²) in [7, 11) is 0. The normalized spacial score (nSPS) is 24.4. The van der Waals surface area contributed by atoms with Gasteiger partial charge in [0.15, 0.2) is 5.70 Å². The minimum Gasteiger partial charge on any atom is -0.316 e. The van der Waals surface area contributed by atoms with E-state index >= 15 is 0 Å². The molecule has 0 radical (unpaired) electrons. The highest BCUT2D eigenvalue weighted by atomic mass is 15.0. The largest absolute Gasteiger partial charge is 0.316 e. The molecular formula is C16H29N2+. The molecule has 0 aromatic rings. The summed E-state index contributed by atoms with van der Waals surface area (Å²) in [5, 5.41) is 3.51. The van der Waals surface area contributed by atoms with E-state index in [9.17, 15) is 0 Å². The van der Waals surface area contributed by atoms with Gasteiger partial charge in [-0.1, -0.05) is 19.3 Å². The molecule has 2 nitrogen and oxygen atoms in total. The average Bonchev–Trinajstić information content (AvgIpc) is 2.61. The van der Waals surface area contributed by atoms with Crippen molar-refractivity contribution in [2.45, 2.75) is 64.2 Å². The number of rotatable bonds is 1. The Morgan fingerprint density at radius 1 is 0.833 bits per heavy atom. The Bertz CT molecular complexity index is 261. The van der Waals surface area contributed by atoms with Gasteiger partial charge in [-0.15, -0.1) is 0 Å². The molecule has 1 aliphatic heterocycles. The summed E-state index contributed by atoms with van der Waals surface area (Å²) in [6, 6.07) is 0. The maximum absolute atomic E-state index is 3.51. The van der Waals surface area contributed by atoms with Gasteiger partial charge in [0.25, 0.3) is 0 Å². The Labute approximate surface area is 112 Å². The molecular weight excluding hydrogens is 220 g/mol. The van der Waals surface area contributed by atoms with Gasteiger partial charge in [0.05, 0.1) is 0 Å². The third kappa shape index (κ3) is 4.93. The molecule has 0 amide bonds. The van der Waals surface area contributed by atoms with Crippen LogP contribution in [0.15, 0.2) is 11.8 Å². The Balaban J connectivity index is 1.99. The van der Waals surface area contributed by atoms with Crippen molar-refractivity contribution >= 4 is 6.21 Å². The summed E-state index contributed by atoms with van der Waals surface area (Å²) in [4.78, 5) is 0. The van der Waals surface area contributed by atoms with E-state index in [4.69, 9.17) is 0 Å². The first-order chi connectivity index (χ1) is 8.97. The van der Waals surface area contributed by atoms with Crippen molar-refractivity contribution in [2.24, 2.45) is 0 Å². The maximum Gasteiger partial charge on any atom is 0.176 e. The molecule has 0 unspecified atom stereocenters. The third-order valence-electron chi connectivity index (χ3n) is 4.06. The summed E-state index contributed by atoms with van der Waals surface area (Å²) in [5.74, 6) is 0. The Hall–Kier alpha value is -0.630. The Morgan fingerprint density at radius 2 is 1.72 bits per heavy atom. The molecule has 0 fully saturated rings. The molecule has 2 aliphatic rings. The maximum atomic E-state index is 3.51. The lowest BCUT2D eigenvalue weighted by Crippen LogP contribution is -2.16. The SMILES string of the molecule is C1=C([N+]2=CCCNCCCC2)CCCCCCC1. The van der Waals surface area contributed by atoms with E-state index in [1.807, 2.05) is 0 Å². The van der Waals surface area contributed by atoms with Crippen LogP contribution in [0.1, 0.15) is 64.2 Å². The molecule has 1 heterocycles. The predicted molar refractivity (Wildman–Crippen MR) is 78.3 cm³/mol. The van der Waals surface area contributed by atoms with Crippen molar-refractivity contribution in [2.75, 3.05) is 19.6 Å². The summed E-state index contributed by atoms with van der Waals surface area (Å²) in [5.41, 5.74) is 1.61. The molecule has 0 bridgehead atoms. The lowest BCUT2D eigenvalue weighted by atomic mass is 10.1. The van der Waals surface area contributed by atoms with Gasteiger partial charge < -0.3 is 5.32 Å². The van der Waals surface area contributed by atoms with Crippen LogP contribution in [0.3, 0.4) is 0 Å². The van der Waals surface area contributed by atoms with Crippen LogP contribution in [0, 0.1) is 0 Å². The number of nitrogens with zero attached hydrogens (tertiary/aromatic N) is 1. The van der Waals surface area contributed by atoms with E-state index in [1.54, 1.807) is 5.70 Å². The molecule has 2 rings (SSSR count). The number of hydrogen-bond donors (Lipinski definition) is 1. The Kier molecular flexibility index (Phi) is 6.49. The molecule has 0 saturated carbocycles. The molecule has 0 atom stereocenters. The Morgan fingerprint density at radius 3 is 2.72 bits per heavy atom. The highest BCUT2D eigenvalue weighted by molar-refractivity contribution is 5.52. The molecule has 0 aromatic heterocycles. The lowest BCUT2D eigenvalue weighted by molar-refractivity contribution is -0.477. The molecule has 0 saturated heterocycles. The van der Waals surface area contributed by atoms with Crippen LogP contribution in [0.2, 0.25) is 0 Å². The van der Waals surface area contributed by atoms with Gasteiger partial charge in [-0.05, 0) is 38.3 Å². The topological polar surface area (TPSA) is 15.0 Å². The molecule has 0 aromatic carbocycles. The zero-order valence-corrected chi connectivity index (χ0v) is 11.8. The quantitative estimate of drug-likeness (QED) is 0.703. The van der Waals surface area contributed by atoms with Crippen molar-refractivity contribution in [1.29, 1.82) is 0 Å². The van der Waals surface area contributed by atoms with Gasteiger partial charge in [-0.25, -0.2) is 4.58 Å². The molecule has 1 N–H and O–H groups in total. The van der Waals surface area contributed by atoms with Gasteiger partial charge in [-0.3, -0.25) is 0 Å². The van der Waals surface area contributed by atoms with Crippen molar-refractivity contribution in [3.8, 4) is 0 Å². The second kappa shape index (κ2) is 8.47. The molecule has 1 aliphatic carbocycles. The van der Waals surface area contributed by atoms with E-state index in [1.165, 1.54) is 77.3 Å². The van der Waals surface area contributed by atoms with Gasteiger partial charge in [0.2, 0.25) is 0 Å². The summed E-state index contributed by atoms with van der Waals surface area (Å²) < 4.78 is 2.57. The van der Waals surface area contributed by atoms with Gasteiger partial charge in [-0.2, -0.15) is 0 Å². The van der Waals surface area contributed by atoms with Crippen molar-refractivity contribution in [3.05, 3.63) is 11.8 Å². The second-order valence-electron chi connectivity index (χ2n) is 5.62. The third-order valence-corrected chi connectivity index (χ3v) is 4.06. The number of nitrogens with one attached hydrogen (secondary N) is 1. The van der Waals surface area contributed by atoms with Gasteiger partial charge in [0.1, 0.15) is 12.8 Å². The fraction of sp³-hybridized carbons (Fsp3) is 0.812. The summed E-state index contributed by atoms with van der Waals surface area (Å²) in [6.45, 7) is 3.57. The average molecular weight is 249 g/mol. The monoisotopic (exact) mass is 249 g/mol. The van der Waals surface area contributed by atoms with Crippen LogP contribution in [0.5, 0.6) is 0 Å². The van der Waals surface area contributed by atoms with Crippen LogP contribution < -0.4 is 5.32 Å². The van der Waals surface area contributed by atoms with E-state index in [-0.39, 0.29) is 0 Å². The fourth-order valence-corrected chi connectivity index (χ4v) is 2.94. The van der Waals surface area contributed by atoms with E-state index in [0.29, 0.717) is 0 Å². The van der Waals surface area contributed by atoms with Crippen molar-refractivity contribution in [1.82, 2.24) is 5.32 Å². The molecule has 2 heteroatoms. The summed E-state index contributed by atoms with van der Waals surface area (Å²) >= 11 is 0. The van der Waals surface area contributed by atoms with Gasteiger partial charge >= 0.3 is 0 Å². The minimum atomic E-state index is 1.14. The van der Waals surface area contributed by atoms with Crippen LogP contribution in [0.25, 0.3) is 0 Å². The highest BCUT2D eigenvalue weighted by Gasteiger charge is 2.14. The lowest BCUT2D eigenvalue weighted by Gasteiger charge is -2.06. The van der Waals surface area contributed by atoms with Crippen LogP contribution in [-0.2, 0) is 0 Å². The van der Waals surface area contributed by atoms with Crippen molar-refractivity contribution < 1.29 is 4.58 Å². The van der Waals surface area contributed by atoms with E-state index in [0.717, 1.165) is 6.54 Å². The van der Waals surface area contributed by atoms with Crippen LogP contribution in [0.4, 0.5) is 0 Å². The fourth-order valence-electron chi connectivity index (χ4n) is 2.94. The van der Waals surface area contributed by atoms with Crippen molar-refractivity contribution in [3.63, 3.8) is 0 Å². The van der Waals surface area contributed by atoms with E-state index in [2.05, 4.69) is 22.2 Å². The standard InChI is InChI=1S/C16H29N2/c1-2-4-6-11-16(10-5-3-1)18-14-8-7-12-17-13-9-15-18/h10,15,17H,1-9,11-14H2/q+1. The summed E-state index contributed by atoms with van der Waals surface area (Å²) in [6.07, 6.45) is 18.4. The minimum absolute atomic E-state index is 1.14. The highest BCUT2D eigenvalue weighted by Crippen LogP contribution is 2.18. The smallest absolute Gasteiger partial charge is 0.176 e. The predicted octanol–water partition coefficient (Wildman–Crippen LogP) is 3.47. The molecule has 102 valence electrons. The van der Waals surface area contributed by atoms with Gasteiger partial charge in [0, 0.05) is 25.8 Å². The molecule has 18 heavy (non-hydrogen) atoms. The number of hydrogen-bond acceptors (Lipinski definition) is 1. The number of allylic oxidation sites excluding steroid dienone is 2. The first kappa shape index (κ1) is 13.8.